The van der Waals surface area contributed by atoms with E-state index in [1.165, 1.54) is 12.1 Å². The Balaban J connectivity index is 2.11. The summed E-state index contributed by atoms with van der Waals surface area (Å²) in [5.41, 5.74) is 0.929. The third-order valence-electron chi connectivity index (χ3n) is 6.11. The number of rotatable bonds is 8. The number of hydrogen-bond acceptors (Lipinski definition) is 6. The van der Waals surface area contributed by atoms with Gasteiger partial charge in [-0.25, -0.2) is 0 Å². The lowest BCUT2D eigenvalue weighted by atomic mass is 9.71. The van der Waals surface area contributed by atoms with Gasteiger partial charge in [0.1, 0.15) is 0 Å². The molecule has 0 radical (unpaired) electrons. The highest BCUT2D eigenvalue weighted by Gasteiger charge is 2.41. The van der Waals surface area contributed by atoms with E-state index in [1.807, 2.05) is 13.8 Å². The van der Waals surface area contributed by atoms with E-state index in [0.717, 1.165) is 12.8 Å². The van der Waals surface area contributed by atoms with Crippen molar-refractivity contribution in [2.45, 2.75) is 39.5 Å². The van der Waals surface area contributed by atoms with E-state index in [0.29, 0.717) is 50.4 Å². The molecule has 6 nitrogen and oxygen atoms in total. The molecule has 6 heteroatoms. The highest BCUT2D eigenvalue weighted by molar-refractivity contribution is 5.93. The number of aromatic carboxylic acids is 2. The molecule has 0 saturated carbocycles. The quantitative estimate of drug-likeness (QED) is 0.663. The van der Waals surface area contributed by atoms with Gasteiger partial charge in [-0.1, -0.05) is 26.0 Å². The van der Waals surface area contributed by atoms with Crippen LogP contribution in [0.5, 0.6) is 0 Å². The average molecular weight is 360 g/mol. The summed E-state index contributed by atoms with van der Waals surface area (Å²) in [7, 11) is 0. The number of hydrogen-bond donors (Lipinski definition) is 0. The van der Waals surface area contributed by atoms with E-state index in [-0.39, 0.29) is 22.0 Å². The fourth-order valence-corrected chi connectivity index (χ4v) is 3.87. The molecule has 0 spiro atoms. The monoisotopic (exact) mass is 360 g/mol. The molecule has 1 aromatic carbocycles. The van der Waals surface area contributed by atoms with Crippen molar-refractivity contribution in [1.82, 2.24) is 0 Å². The lowest BCUT2D eigenvalue weighted by molar-refractivity contribution is -0.256. The molecule has 26 heavy (non-hydrogen) atoms. The van der Waals surface area contributed by atoms with Crippen LogP contribution in [0.2, 0.25) is 0 Å². The average Bonchev–Trinajstić information content (AvgIpc) is 2.54. The Kier molecular flexibility index (Phi) is 5.08. The summed E-state index contributed by atoms with van der Waals surface area (Å²) in [4.78, 5) is 23.4. The van der Waals surface area contributed by atoms with Crippen LogP contribution >= 0.6 is 0 Å². The standard InChI is InChI=1S/C20H26O6/c1-3-19(9-25-10-19)7-15-13(17(21)22)5-6-14(18(23)24)16(15)8-20(4-2)11-26-12-20/h5-6H,3-4,7-12H2,1-2H3,(H,21,22)(H,23,24)/p-2. The van der Waals surface area contributed by atoms with Crippen molar-refractivity contribution in [1.29, 1.82) is 0 Å². The second-order valence-corrected chi connectivity index (χ2v) is 7.74. The summed E-state index contributed by atoms with van der Waals surface area (Å²) in [6.45, 7) is 6.27. The zero-order chi connectivity index (χ0) is 18.9. The molecule has 2 heterocycles. The van der Waals surface area contributed by atoms with Gasteiger partial charge >= 0.3 is 0 Å². The SMILES string of the molecule is CCC1(Cc2c(C(=O)[O-])ccc(C(=O)[O-])c2CC2(CC)COC2)COC1. The van der Waals surface area contributed by atoms with E-state index in [2.05, 4.69) is 0 Å². The van der Waals surface area contributed by atoms with E-state index >= 15 is 0 Å². The van der Waals surface area contributed by atoms with Crippen molar-refractivity contribution in [3.05, 3.63) is 34.4 Å². The molecule has 0 aromatic heterocycles. The van der Waals surface area contributed by atoms with Crippen molar-refractivity contribution in [2.75, 3.05) is 26.4 Å². The molecule has 142 valence electrons. The molecule has 2 aliphatic heterocycles. The Morgan fingerprint density at radius 2 is 1.19 bits per heavy atom. The molecule has 0 bridgehead atoms. The predicted molar refractivity (Wildman–Crippen MR) is 89.6 cm³/mol. The zero-order valence-corrected chi connectivity index (χ0v) is 15.3. The first-order valence-electron chi connectivity index (χ1n) is 9.08. The minimum absolute atomic E-state index is 0.0659. The van der Waals surface area contributed by atoms with Gasteiger partial charge in [0.2, 0.25) is 0 Å². The van der Waals surface area contributed by atoms with Crippen LogP contribution in [0.1, 0.15) is 58.5 Å². The van der Waals surface area contributed by atoms with Crippen molar-refractivity contribution < 1.29 is 29.3 Å². The number of carboxylic acid groups (broad SMARTS) is 2. The van der Waals surface area contributed by atoms with Crippen molar-refractivity contribution in [3.8, 4) is 0 Å². The van der Waals surface area contributed by atoms with Gasteiger partial charge in [0.15, 0.2) is 0 Å². The van der Waals surface area contributed by atoms with Gasteiger partial charge < -0.3 is 29.3 Å². The van der Waals surface area contributed by atoms with E-state index in [1.54, 1.807) is 0 Å². The van der Waals surface area contributed by atoms with Crippen molar-refractivity contribution in [3.63, 3.8) is 0 Å². The molecular formula is C20H24O6-2. The van der Waals surface area contributed by atoms with Crippen LogP contribution in [0, 0.1) is 10.8 Å². The summed E-state index contributed by atoms with van der Waals surface area (Å²) < 4.78 is 10.7. The molecule has 0 amide bonds. The van der Waals surface area contributed by atoms with Crippen molar-refractivity contribution in [2.24, 2.45) is 10.8 Å². The molecule has 0 unspecified atom stereocenters. The molecule has 0 N–H and O–H groups in total. The maximum absolute atomic E-state index is 11.7. The first-order chi connectivity index (χ1) is 12.4. The third kappa shape index (κ3) is 3.23. The van der Waals surface area contributed by atoms with Crippen LogP contribution in [0.15, 0.2) is 12.1 Å². The normalized spacial score (nSPS) is 20.1. The van der Waals surface area contributed by atoms with Crippen LogP contribution in [0.3, 0.4) is 0 Å². The molecule has 0 aliphatic carbocycles. The lowest BCUT2D eigenvalue weighted by Gasteiger charge is -2.44. The van der Waals surface area contributed by atoms with Crippen molar-refractivity contribution >= 4 is 11.9 Å². The first kappa shape index (κ1) is 18.9. The summed E-state index contributed by atoms with van der Waals surface area (Å²) in [6, 6.07) is 2.66. The predicted octanol–water partition coefficient (Wildman–Crippen LogP) is 0.352. The minimum atomic E-state index is -1.28. The second kappa shape index (κ2) is 7.00. The van der Waals surface area contributed by atoms with Crippen LogP contribution in [0.4, 0.5) is 0 Å². The Morgan fingerprint density at radius 3 is 1.38 bits per heavy atom. The highest BCUT2D eigenvalue weighted by Crippen LogP contribution is 2.41. The lowest BCUT2D eigenvalue weighted by Crippen LogP contribution is -2.46. The minimum Gasteiger partial charge on any atom is -0.545 e. The zero-order valence-electron chi connectivity index (χ0n) is 15.3. The summed E-state index contributed by atoms with van der Waals surface area (Å²) in [6.07, 6.45) is 2.58. The molecule has 1 aromatic rings. The van der Waals surface area contributed by atoms with E-state index in [4.69, 9.17) is 9.47 Å². The molecular weight excluding hydrogens is 336 g/mol. The third-order valence-corrected chi connectivity index (χ3v) is 6.11. The molecule has 0 atom stereocenters. The molecule has 2 saturated heterocycles. The maximum atomic E-state index is 11.7. The molecule has 3 rings (SSSR count). The largest absolute Gasteiger partial charge is 0.545 e. The van der Waals surface area contributed by atoms with Gasteiger partial charge in [-0.05, 0) is 36.8 Å². The van der Waals surface area contributed by atoms with Gasteiger partial charge in [-0.2, -0.15) is 0 Å². The van der Waals surface area contributed by atoms with E-state index in [9.17, 15) is 19.8 Å². The topological polar surface area (TPSA) is 98.7 Å². The molecule has 2 fully saturated rings. The number of carbonyl (C=O) groups excluding carboxylic acids is 2. The number of benzene rings is 1. The fraction of sp³-hybridized carbons (Fsp3) is 0.600. The highest BCUT2D eigenvalue weighted by atomic mass is 16.5. The van der Waals surface area contributed by atoms with Gasteiger partial charge in [0, 0.05) is 22.0 Å². The van der Waals surface area contributed by atoms with Gasteiger partial charge in [-0.15, -0.1) is 0 Å². The smallest absolute Gasteiger partial charge is 0.0718 e. The summed E-state index contributed by atoms with van der Waals surface area (Å²) in [5.74, 6) is -2.57. The Bertz CT molecular complexity index is 643. The van der Waals surface area contributed by atoms with Gasteiger partial charge in [-0.3, -0.25) is 0 Å². The Labute approximate surface area is 153 Å². The number of carbonyl (C=O) groups is 2. The van der Waals surface area contributed by atoms with Crippen LogP contribution in [-0.4, -0.2) is 38.4 Å². The summed E-state index contributed by atoms with van der Waals surface area (Å²) >= 11 is 0. The Morgan fingerprint density at radius 1 is 0.846 bits per heavy atom. The fourth-order valence-electron chi connectivity index (χ4n) is 3.87. The number of ether oxygens (including phenoxy) is 2. The van der Waals surface area contributed by atoms with E-state index < -0.39 is 11.9 Å². The molecule has 2 aliphatic rings. The van der Waals surface area contributed by atoms with Crippen LogP contribution in [-0.2, 0) is 22.3 Å². The number of carboxylic acids is 2. The maximum Gasteiger partial charge on any atom is 0.0718 e. The van der Waals surface area contributed by atoms with Gasteiger partial charge in [0.25, 0.3) is 0 Å². The first-order valence-corrected chi connectivity index (χ1v) is 9.08. The van der Waals surface area contributed by atoms with Crippen LogP contribution < -0.4 is 10.2 Å². The van der Waals surface area contributed by atoms with Gasteiger partial charge in [0.05, 0.1) is 38.4 Å². The Hall–Kier alpha value is -1.92. The van der Waals surface area contributed by atoms with Crippen LogP contribution in [0.25, 0.3) is 0 Å². The second-order valence-electron chi connectivity index (χ2n) is 7.74. The summed E-state index contributed by atoms with van der Waals surface area (Å²) in [5, 5.41) is 23.4.